The average Bonchev–Trinajstić information content (AvgIpc) is 2.54. The van der Waals surface area contributed by atoms with Crippen molar-refractivity contribution in [3.63, 3.8) is 0 Å². The van der Waals surface area contributed by atoms with Gasteiger partial charge in [-0.15, -0.1) is 0 Å². The summed E-state index contributed by atoms with van der Waals surface area (Å²) in [7, 11) is -3.57. The number of nitrogens with one attached hydrogen (secondary N) is 1. The van der Waals surface area contributed by atoms with E-state index < -0.39 is 10.0 Å². The molecule has 0 aliphatic carbocycles. The number of rotatable bonds is 7. The summed E-state index contributed by atoms with van der Waals surface area (Å²) in [6, 6.07) is 13.1. The fourth-order valence-electron chi connectivity index (χ4n) is 2.84. The van der Waals surface area contributed by atoms with E-state index in [4.69, 9.17) is 0 Å². The van der Waals surface area contributed by atoms with E-state index in [-0.39, 0.29) is 0 Å². The Hall–Kier alpha value is -1.81. The second kappa shape index (κ2) is 7.84. The minimum Gasteiger partial charge on any atom is -0.279 e. The standard InChI is InChI=1S/C20H27NO2S/c1-5-17-8-7-9-18(6-2)20(17)21-24(22,23)19-12-10-16(11-13-19)14-15(3)4/h7-13,15,21H,5-6,14H2,1-4H3. The maximum atomic E-state index is 12.8. The zero-order valence-electron chi connectivity index (χ0n) is 15.0. The molecule has 2 aromatic carbocycles. The first kappa shape index (κ1) is 18.5. The third-order valence-electron chi connectivity index (χ3n) is 4.11. The molecule has 0 amide bonds. The van der Waals surface area contributed by atoms with Crippen molar-refractivity contribution in [3.05, 3.63) is 59.2 Å². The molecule has 0 unspecified atom stereocenters. The van der Waals surface area contributed by atoms with Crippen molar-refractivity contribution < 1.29 is 8.42 Å². The normalized spacial score (nSPS) is 11.7. The number of aryl methyl sites for hydroxylation is 2. The molecule has 0 saturated heterocycles. The molecule has 0 aromatic heterocycles. The lowest BCUT2D eigenvalue weighted by Crippen LogP contribution is -2.15. The van der Waals surface area contributed by atoms with Gasteiger partial charge in [-0.2, -0.15) is 0 Å². The molecule has 0 saturated carbocycles. The van der Waals surface area contributed by atoms with Crippen LogP contribution in [0.1, 0.15) is 44.4 Å². The molecule has 2 aromatic rings. The van der Waals surface area contributed by atoms with E-state index in [1.165, 1.54) is 0 Å². The van der Waals surface area contributed by atoms with E-state index in [0.29, 0.717) is 10.8 Å². The molecule has 0 bridgehead atoms. The lowest BCUT2D eigenvalue weighted by atomic mass is 10.0. The lowest BCUT2D eigenvalue weighted by molar-refractivity contribution is 0.601. The Bertz CT molecular complexity index is 756. The highest BCUT2D eigenvalue weighted by Crippen LogP contribution is 2.26. The minimum atomic E-state index is -3.57. The molecular formula is C20H27NO2S. The molecule has 0 radical (unpaired) electrons. The van der Waals surface area contributed by atoms with Crippen LogP contribution < -0.4 is 4.72 Å². The molecule has 24 heavy (non-hydrogen) atoms. The molecule has 3 nitrogen and oxygen atoms in total. The van der Waals surface area contributed by atoms with Crippen molar-refractivity contribution in [2.24, 2.45) is 5.92 Å². The molecule has 2 rings (SSSR count). The molecule has 130 valence electrons. The van der Waals surface area contributed by atoms with Crippen LogP contribution in [0.5, 0.6) is 0 Å². The quantitative estimate of drug-likeness (QED) is 0.782. The van der Waals surface area contributed by atoms with Crippen molar-refractivity contribution in [1.82, 2.24) is 0 Å². The zero-order chi connectivity index (χ0) is 17.7. The second-order valence-electron chi connectivity index (χ2n) is 6.51. The van der Waals surface area contributed by atoms with Crippen molar-refractivity contribution in [2.75, 3.05) is 4.72 Å². The third-order valence-corrected chi connectivity index (χ3v) is 5.48. The Morgan fingerprint density at radius 1 is 0.917 bits per heavy atom. The van der Waals surface area contributed by atoms with Gasteiger partial charge in [-0.1, -0.05) is 58.0 Å². The van der Waals surface area contributed by atoms with Crippen LogP contribution in [0.2, 0.25) is 0 Å². The smallest absolute Gasteiger partial charge is 0.261 e. The highest BCUT2D eigenvalue weighted by atomic mass is 32.2. The topological polar surface area (TPSA) is 46.2 Å². The molecule has 0 aliphatic rings. The molecular weight excluding hydrogens is 318 g/mol. The average molecular weight is 346 g/mol. The predicted octanol–water partition coefficient (Wildman–Crippen LogP) is 4.81. The number of anilines is 1. The number of hydrogen-bond acceptors (Lipinski definition) is 2. The Balaban J connectivity index is 2.32. The lowest BCUT2D eigenvalue weighted by Gasteiger charge is -2.16. The molecule has 0 fully saturated rings. The van der Waals surface area contributed by atoms with E-state index in [2.05, 4.69) is 18.6 Å². The van der Waals surface area contributed by atoms with E-state index in [1.54, 1.807) is 12.1 Å². The number of sulfonamides is 1. The summed E-state index contributed by atoms with van der Waals surface area (Å²) in [5, 5.41) is 0. The van der Waals surface area contributed by atoms with Crippen molar-refractivity contribution in [3.8, 4) is 0 Å². The molecule has 0 aliphatic heterocycles. The summed E-state index contributed by atoms with van der Waals surface area (Å²) in [6.07, 6.45) is 2.53. The van der Waals surface area contributed by atoms with E-state index >= 15 is 0 Å². The van der Waals surface area contributed by atoms with Gasteiger partial charge in [0.25, 0.3) is 10.0 Å². The summed E-state index contributed by atoms with van der Waals surface area (Å²) in [4.78, 5) is 0.308. The summed E-state index contributed by atoms with van der Waals surface area (Å²) in [6.45, 7) is 8.38. The number of para-hydroxylation sites is 1. The maximum Gasteiger partial charge on any atom is 0.261 e. The van der Waals surface area contributed by atoms with Crippen LogP contribution >= 0.6 is 0 Å². The van der Waals surface area contributed by atoms with Crippen LogP contribution in [0, 0.1) is 5.92 Å². The molecule has 0 atom stereocenters. The van der Waals surface area contributed by atoms with Gasteiger partial charge in [0.1, 0.15) is 0 Å². The Kier molecular flexibility index (Phi) is 6.05. The summed E-state index contributed by atoms with van der Waals surface area (Å²) < 4.78 is 28.3. The molecule has 0 heterocycles. The third kappa shape index (κ3) is 4.38. The summed E-state index contributed by atoms with van der Waals surface area (Å²) in [5.41, 5.74) is 3.93. The molecule has 4 heteroatoms. The fraction of sp³-hybridized carbons (Fsp3) is 0.400. The van der Waals surface area contributed by atoms with Crippen LogP contribution in [0.4, 0.5) is 5.69 Å². The second-order valence-corrected chi connectivity index (χ2v) is 8.19. The Morgan fingerprint density at radius 3 is 1.92 bits per heavy atom. The summed E-state index contributed by atoms with van der Waals surface area (Å²) >= 11 is 0. The SMILES string of the molecule is CCc1cccc(CC)c1NS(=O)(=O)c1ccc(CC(C)C)cc1. The number of hydrogen-bond donors (Lipinski definition) is 1. The van der Waals surface area contributed by atoms with Crippen LogP contribution in [-0.2, 0) is 29.3 Å². The fourth-order valence-corrected chi connectivity index (χ4v) is 3.99. The first-order chi connectivity index (χ1) is 11.4. The van der Waals surface area contributed by atoms with Gasteiger partial charge in [0.2, 0.25) is 0 Å². The predicted molar refractivity (Wildman–Crippen MR) is 101 cm³/mol. The number of benzene rings is 2. The van der Waals surface area contributed by atoms with Gasteiger partial charge in [-0.05, 0) is 54.0 Å². The van der Waals surface area contributed by atoms with Gasteiger partial charge in [-0.3, -0.25) is 4.72 Å². The highest BCUT2D eigenvalue weighted by Gasteiger charge is 2.17. The monoisotopic (exact) mass is 345 g/mol. The van der Waals surface area contributed by atoms with Gasteiger partial charge in [0.05, 0.1) is 10.6 Å². The van der Waals surface area contributed by atoms with Crippen molar-refractivity contribution >= 4 is 15.7 Å². The van der Waals surface area contributed by atoms with E-state index in [9.17, 15) is 8.42 Å². The minimum absolute atomic E-state index is 0.308. The first-order valence-corrected chi connectivity index (χ1v) is 10.1. The van der Waals surface area contributed by atoms with Crippen molar-refractivity contribution in [1.29, 1.82) is 0 Å². The van der Waals surface area contributed by atoms with Crippen LogP contribution in [-0.4, -0.2) is 8.42 Å². The largest absolute Gasteiger partial charge is 0.279 e. The Labute approximate surface area is 146 Å². The van der Waals surface area contributed by atoms with Gasteiger partial charge in [0, 0.05) is 0 Å². The van der Waals surface area contributed by atoms with E-state index in [0.717, 1.165) is 41.6 Å². The maximum absolute atomic E-state index is 12.8. The Morgan fingerprint density at radius 2 is 1.46 bits per heavy atom. The molecule has 0 spiro atoms. The summed E-state index contributed by atoms with van der Waals surface area (Å²) in [5.74, 6) is 0.550. The zero-order valence-corrected chi connectivity index (χ0v) is 15.8. The van der Waals surface area contributed by atoms with Gasteiger partial charge in [-0.25, -0.2) is 8.42 Å². The van der Waals surface area contributed by atoms with E-state index in [1.807, 2.05) is 44.2 Å². The van der Waals surface area contributed by atoms with Crippen LogP contribution in [0.3, 0.4) is 0 Å². The molecule has 1 N–H and O–H groups in total. The highest BCUT2D eigenvalue weighted by molar-refractivity contribution is 7.92. The van der Waals surface area contributed by atoms with Crippen molar-refractivity contribution in [2.45, 2.75) is 51.9 Å². The van der Waals surface area contributed by atoms with Crippen LogP contribution in [0.25, 0.3) is 0 Å². The first-order valence-electron chi connectivity index (χ1n) is 8.59. The van der Waals surface area contributed by atoms with Gasteiger partial charge < -0.3 is 0 Å². The van der Waals surface area contributed by atoms with Gasteiger partial charge in [0.15, 0.2) is 0 Å². The van der Waals surface area contributed by atoms with Crippen LogP contribution in [0.15, 0.2) is 47.4 Å². The van der Waals surface area contributed by atoms with Gasteiger partial charge >= 0.3 is 0 Å².